The van der Waals surface area contributed by atoms with E-state index in [4.69, 9.17) is 11.6 Å². The van der Waals surface area contributed by atoms with Crippen LogP contribution in [-0.2, 0) is 11.2 Å². The third-order valence-electron chi connectivity index (χ3n) is 2.76. The van der Waals surface area contributed by atoms with E-state index in [2.05, 4.69) is 0 Å². The Bertz CT molecular complexity index is 402. The lowest BCUT2D eigenvalue weighted by molar-refractivity contribution is -0.121. The van der Waals surface area contributed by atoms with E-state index in [1.807, 2.05) is 0 Å². The summed E-state index contributed by atoms with van der Waals surface area (Å²) in [6.45, 7) is 0. The molecular weight excluding hydrogens is 247 g/mol. The van der Waals surface area contributed by atoms with Gasteiger partial charge < -0.3 is 0 Å². The highest BCUT2D eigenvalue weighted by molar-refractivity contribution is 7.99. The molecule has 1 aromatic rings. The summed E-state index contributed by atoms with van der Waals surface area (Å²) in [7, 11) is 0. The van der Waals surface area contributed by atoms with E-state index >= 15 is 0 Å². The molecule has 0 spiro atoms. The van der Waals surface area contributed by atoms with Crippen LogP contribution in [0.5, 0.6) is 0 Å². The lowest BCUT2D eigenvalue weighted by Gasteiger charge is -2.07. The highest BCUT2D eigenvalue weighted by Gasteiger charge is 2.23. The van der Waals surface area contributed by atoms with Gasteiger partial charge in [0.15, 0.2) is 0 Å². The largest absolute Gasteiger partial charge is 0.299 e. The first-order valence-corrected chi connectivity index (χ1v) is 6.74. The van der Waals surface area contributed by atoms with Crippen molar-refractivity contribution in [2.75, 3.05) is 11.5 Å². The maximum atomic E-state index is 13.5. The Hall–Kier alpha value is -0.540. The van der Waals surface area contributed by atoms with Crippen molar-refractivity contribution in [3.8, 4) is 0 Å². The van der Waals surface area contributed by atoms with Crippen molar-refractivity contribution < 1.29 is 9.18 Å². The van der Waals surface area contributed by atoms with Crippen LogP contribution >= 0.6 is 23.4 Å². The standard InChI is InChI=1S/C12H12ClFOS/c13-10-2-1-8(11(14)6-10)5-12(15)9-3-4-16-7-9/h1-2,6,9H,3-5,7H2. The van der Waals surface area contributed by atoms with Crippen molar-refractivity contribution >= 4 is 29.1 Å². The summed E-state index contributed by atoms with van der Waals surface area (Å²) in [6.07, 6.45) is 1.12. The molecule has 0 saturated carbocycles. The van der Waals surface area contributed by atoms with E-state index in [1.54, 1.807) is 23.9 Å². The molecule has 1 heterocycles. The van der Waals surface area contributed by atoms with Gasteiger partial charge in [-0.2, -0.15) is 11.8 Å². The second kappa shape index (κ2) is 5.19. The Morgan fingerprint density at radius 1 is 1.56 bits per heavy atom. The molecule has 1 unspecified atom stereocenters. The van der Waals surface area contributed by atoms with Crippen molar-refractivity contribution in [2.24, 2.45) is 5.92 Å². The monoisotopic (exact) mass is 258 g/mol. The maximum Gasteiger partial charge on any atom is 0.141 e. The third-order valence-corrected chi connectivity index (χ3v) is 4.16. The van der Waals surface area contributed by atoms with Gasteiger partial charge in [0, 0.05) is 23.1 Å². The van der Waals surface area contributed by atoms with Gasteiger partial charge in [-0.1, -0.05) is 17.7 Å². The van der Waals surface area contributed by atoms with Gasteiger partial charge >= 0.3 is 0 Å². The Morgan fingerprint density at radius 2 is 2.38 bits per heavy atom. The number of Topliss-reactive ketones (excluding diaryl/α,β-unsaturated/α-hetero) is 1. The summed E-state index contributed by atoms with van der Waals surface area (Å²) in [4.78, 5) is 11.8. The fraction of sp³-hybridized carbons (Fsp3) is 0.417. The summed E-state index contributed by atoms with van der Waals surface area (Å²) in [5.74, 6) is 1.80. The van der Waals surface area contributed by atoms with Crippen LogP contribution in [0, 0.1) is 11.7 Å². The first-order chi connectivity index (χ1) is 7.66. The highest BCUT2D eigenvalue weighted by atomic mass is 35.5. The van der Waals surface area contributed by atoms with Crippen LogP contribution in [0.15, 0.2) is 18.2 Å². The average Bonchev–Trinajstić information content (AvgIpc) is 2.75. The molecule has 86 valence electrons. The fourth-order valence-electron chi connectivity index (χ4n) is 1.79. The molecule has 0 aromatic heterocycles. The van der Waals surface area contributed by atoms with Crippen molar-refractivity contribution in [3.63, 3.8) is 0 Å². The fourth-order valence-corrected chi connectivity index (χ4v) is 3.20. The van der Waals surface area contributed by atoms with E-state index in [1.165, 1.54) is 6.07 Å². The molecule has 0 bridgehead atoms. The van der Waals surface area contributed by atoms with E-state index < -0.39 is 0 Å². The molecule has 0 radical (unpaired) electrons. The zero-order chi connectivity index (χ0) is 11.5. The quantitative estimate of drug-likeness (QED) is 0.827. The third kappa shape index (κ3) is 2.77. The van der Waals surface area contributed by atoms with Crippen molar-refractivity contribution in [3.05, 3.63) is 34.6 Å². The van der Waals surface area contributed by atoms with Gasteiger partial charge in [0.1, 0.15) is 11.6 Å². The van der Waals surface area contributed by atoms with E-state index in [9.17, 15) is 9.18 Å². The molecule has 1 fully saturated rings. The molecule has 0 N–H and O–H groups in total. The Kier molecular flexibility index (Phi) is 3.87. The Balaban J connectivity index is 2.05. The normalized spacial score (nSPS) is 20.0. The van der Waals surface area contributed by atoms with Gasteiger partial charge in [-0.15, -0.1) is 0 Å². The smallest absolute Gasteiger partial charge is 0.141 e. The van der Waals surface area contributed by atoms with Crippen LogP contribution in [0.4, 0.5) is 4.39 Å². The summed E-state index contributed by atoms with van der Waals surface area (Å²) in [6, 6.07) is 4.47. The molecule has 0 amide bonds. The van der Waals surface area contributed by atoms with Gasteiger partial charge in [0.2, 0.25) is 0 Å². The number of benzene rings is 1. The minimum Gasteiger partial charge on any atom is -0.299 e. The Morgan fingerprint density at radius 3 is 3.00 bits per heavy atom. The van der Waals surface area contributed by atoms with Crippen LogP contribution < -0.4 is 0 Å². The Labute approximate surface area is 103 Å². The zero-order valence-corrected chi connectivity index (χ0v) is 10.3. The molecule has 2 rings (SSSR count). The number of hydrogen-bond acceptors (Lipinski definition) is 2. The van der Waals surface area contributed by atoms with Crippen molar-refractivity contribution in [1.29, 1.82) is 0 Å². The van der Waals surface area contributed by atoms with Crippen molar-refractivity contribution in [2.45, 2.75) is 12.8 Å². The molecule has 1 aliphatic heterocycles. The van der Waals surface area contributed by atoms with Gasteiger partial charge in [0.05, 0.1) is 0 Å². The first-order valence-electron chi connectivity index (χ1n) is 5.21. The second-order valence-corrected chi connectivity index (χ2v) is 5.53. The lowest BCUT2D eigenvalue weighted by atomic mass is 9.97. The topological polar surface area (TPSA) is 17.1 Å². The molecule has 4 heteroatoms. The zero-order valence-electron chi connectivity index (χ0n) is 8.71. The average molecular weight is 259 g/mol. The van der Waals surface area contributed by atoms with Gasteiger partial charge in [-0.05, 0) is 29.9 Å². The maximum absolute atomic E-state index is 13.5. The lowest BCUT2D eigenvalue weighted by Crippen LogP contribution is -2.16. The van der Waals surface area contributed by atoms with Crippen LogP contribution in [0.1, 0.15) is 12.0 Å². The predicted octanol–water partition coefficient (Wildman–Crippen LogP) is 3.34. The molecule has 1 saturated heterocycles. The van der Waals surface area contributed by atoms with E-state index in [-0.39, 0.29) is 23.9 Å². The predicted molar refractivity (Wildman–Crippen MR) is 65.6 cm³/mol. The van der Waals surface area contributed by atoms with Crippen LogP contribution in [0.25, 0.3) is 0 Å². The first kappa shape index (κ1) is 11.9. The van der Waals surface area contributed by atoms with Crippen molar-refractivity contribution in [1.82, 2.24) is 0 Å². The van der Waals surface area contributed by atoms with E-state index in [0.717, 1.165) is 17.9 Å². The number of ketones is 1. The minimum absolute atomic E-state index is 0.111. The van der Waals surface area contributed by atoms with Crippen LogP contribution in [0.3, 0.4) is 0 Å². The number of hydrogen-bond donors (Lipinski definition) is 0. The van der Waals surface area contributed by atoms with Crippen LogP contribution in [-0.4, -0.2) is 17.3 Å². The van der Waals surface area contributed by atoms with Crippen LogP contribution in [0.2, 0.25) is 5.02 Å². The number of carbonyl (C=O) groups is 1. The molecule has 16 heavy (non-hydrogen) atoms. The summed E-state index contributed by atoms with van der Waals surface area (Å²) >= 11 is 7.44. The minimum atomic E-state index is -0.383. The summed E-state index contributed by atoms with van der Waals surface area (Å²) < 4.78 is 13.5. The molecule has 1 aliphatic rings. The second-order valence-electron chi connectivity index (χ2n) is 3.94. The van der Waals surface area contributed by atoms with Gasteiger partial charge in [-0.25, -0.2) is 4.39 Å². The van der Waals surface area contributed by atoms with E-state index in [0.29, 0.717) is 10.6 Å². The van der Waals surface area contributed by atoms with Gasteiger partial charge in [0.25, 0.3) is 0 Å². The highest BCUT2D eigenvalue weighted by Crippen LogP contribution is 2.26. The number of halogens is 2. The SMILES string of the molecule is O=C(Cc1ccc(Cl)cc1F)C1CCSC1. The number of rotatable bonds is 3. The number of thioether (sulfide) groups is 1. The summed E-state index contributed by atoms with van der Waals surface area (Å²) in [5, 5.41) is 0.366. The molecular formula is C12H12ClFOS. The summed E-state index contributed by atoms with van der Waals surface area (Å²) in [5.41, 5.74) is 0.450. The molecule has 0 aliphatic carbocycles. The molecule has 1 atom stereocenters. The molecule has 1 aromatic carbocycles. The molecule has 1 nitrogen and oxygen atoms in total. The van der Waals surface area contributed by atoms with Gasteiger partial charge in [-0.3, -0.25) is 4.79 Å². The number of carbonyl (C=O) groups excluding carboxylic acids is 1.